The normalized spacial score (nSPS) is 25.2. The largest absolute Gasteiger partial charge is 0.495 e. The monoisotopic (exact) mass is 481 g/mol. The molecule has 0 aliphatic carbocycles. The van der Waals surface area contributed by atoms with Gasteiger partial charge in [0.05, 0.1) is 19.5 Å². The molecule has 0 radical (unpaired) electrons. The molecule has 0 amide bonds. The Morgan fingerprint density at radius 2 is 2.03 bits per heavy atom. The number of halogens is 1. The van der Waals surface area contributed by atoms with Crippen LogP contribution in [-0.2, 0) is 29.7 Å². The van der Waals surface area contributed by atoms with Crippen molar-refractivity contribution in [2.75, 3.05) is 12.3 Å². The minimum Gasteiger partial charge on any atom is -0.399 e. The van der Waals surface area contributed by atoms with Crippen molar-refractivity contribution in [2.24, 2.45) is 0 Å². The number of fused-ring (bicyclic) bond motifs is 2. The van der Waals surface area contributed by atoms with Gasteiger partial charge in [0, 0.05) is 0 Å². The Labute approximate surface area is 185 Å². The lowest BCUT2D eigenvalue weighted by atomic mass is 9.76. The highest BCUT2D eigenvalue weighted by Crippen LogP contribution is 2.42. The van der Waals surface area contributed by atoms with Crippen LogP contribution in [0.25, 0.3) is 11.2 Å². The van der Waals surface area contributed by atoms with Crippen LogP contribution in [0, 0.1) is 5.82 Å². The number of nitrogen functional groups attached to an aromatic ring is 1. The Morgan fingerprint density at radius 1 is 1.24 bits per heavy atom. The summed E-state index contributed by atoms with van der Waals surface area (Å²) in [5.41, 5.74) is 7.23. The Kier molecular flexibility index (Phi) is 5.67. The Bertz CT molecular complexity index is 1240. The van der Waals surface area contributed by atoms with E-state index in [4.69, 9.17) is 29.6 Å². The van der Waals surface area contributed by atoms with E-state index in [-0.39, 0.29) is 11.4 Å². The van der Waals surface area contributed by atoms with E-state index in [1.54, 1.807) is 4.57 Å². The number of nitrogens with two attached hydrogens (primary N) is 1. The van der Waals surface area contributed by atoms with E-state index in [1.807, 2.05) is 0 Å². The maximum atomic E-state index is 13.6. The average molecular weight is 481 g/mol. The molecule has 0 spiro atoms. The quantitative estimate of drug-likeness (QED) is 0.255. The lowest BCUT2D eigenvalue weighted by Gasteiger charge is -2.21. The fourth-order valence-electron chi connectivity index (χ4n) is 4.01. The molecule has 5 N–H and O–H groups in total. The summed E-state index contributed by atoms with van der Waals surface area (Å²) in [6.07, 6.45) is -0.727. The fraction of sp³-hybridized carbons (Fsp3) is 0.353. The first-order valence-electron chi connectivity index (χ1n) is 9.74. The van der Waals surface area contributed by atoms with Crippen LogP contribution in [0.15, 0.2) is 30.9 Å². The predicted molar refractivity (Wildman–Crippen MR) is 109 cm³/mol. The molecule has 0 bridgehead atoms. The highest BCUT2D eigenvalue weighted by Gasteiger charge is 2.56. The van der Waals surface area contributed by atoms with Gasteiger partial charge in [-0.1, -0.05) is 6.07 Å². The smallest absolute Gasteiger partial charge is 0.399 e. The first-order valence-corrected chi connectivity index (χ1v) is 11.3. The van der Waals surface area contributed by atoms with Crippen molar-refractivity contribution in [1.29, 1.82) is 0 Å². The second-order valence-electron chi connectivity index (χ2n) is 7.47. The van der Waals surface area contributed by atoms with Crippen molar-refractivity contribution < 1.29 is 42.4 Å². The topological polar surface area (TPSA) is 184 Å². The number of phosphoric ester groups is 1. The van der Waals surface area contributed by atoms with Crippen LogP contribution in [0.5, 0.6) is 0 Å². The van der Waals surface area contributed by atoms with Gasteiger partial charge in [-0.05, 0) is 23.2 Å². The SMILES string of the molecule is Nc1ncnc2c1ncn2[C@@H]1O[C@H](COP(=O)(O)O)[C@H]2OB(c3ccc(F)cc3CO)O[C@H]21. The minimum absolute atomic E-state index is 0.162. The van der Waals surface area contributed by atoms with E-state index in [2.05, 4.69) is 19.5 Å². The van der Waals surface area contributed by atoms with Crippen molar-refractivity contribution in [2.45, 2.75) is 31.1 Å². The molecular weight excluding hydrogens is 463 g/mol. The number of ether oxygens (including phenoxy) is 1. The van der Waals surface area contributed by atoms with Crippen molar-refractivity contribution in [3.8, 4) is 0 Å². The molecule has 2 aliphatic heterocycles. The van der Waals surface area contributed by atoms with Gasteiger partial charge < -0.3 is 34.7 Å². The van der Waals surface area contributed by atoms with Crippen LogP contribution in [0.2, 0.25) is 0 Å². The van der Waals surface area contributed by atoms with Crippen molar-refractivity contribution in [3.05, 3.63) is 42.2 Å². The Hall–Kier alpha value is -2.49. The number of aliphatic hydroxyl groups is 1. The lowest BCUT2D eigenvalue weighted by Crippen LogP contribution is -2.38. The van der Waals surface area contributed by atoms with Crippen LogP contribution >= 0.6 is 7.82 Å². The van der Waals surface area contributed by atoms with Crippen molar-refractivity contribution >= 4 is 37.4 Å². The summed E-state index contributed by atoms with van der Waals surface area (Å²) in [5, 5.41) is 9.63. The number of nitrogens with zero attached hydrogens (tertiary/aromatic N) is 4. The molecular formula is C17H18BFN5O8P. The molecule has 33 heavy (non-hydrogen) atoms. The number of rotatable bonds is 6. The lowest BCUT2D eigenvalue weighted by molar-refractivity contribution is -0.0562. The van der Waals surface area contributed by atoms with E-state index in [1.165, 1.54) is 30.9 Å². The summed E-state index contributed by atoms with van der Waals surface area (Å²) >= 11 is 0. The molecule has 2 saturated heterocycles. The van der Waals surface area contributed by atoms with E-state index < -0.39 is 58.5 Å². The van der Waals surface area contributed by atoms with Gasteiger partial charge in [0.2, 0.25) is 0 Å². The third-order valence-electron chi connectivity index (χ3n) is 5.44. The van der Waals surface area contributed by atoms with Gasteiger partial charge in [0.25, 0.3) is 0 Å². The maximum absolute atomic E-state index is 13.6. The summed E-state index contributed by atoms with van der Waals surface area (Å²) in [7, 11) is -5.78. The summed E-state index contributed by atoms with van der Waals surface area (Å²) in [6, 6.07) is 3.81. The summed E-state index contributed by atoms with van der Waals surface area (Å²) in [4.78, 5) is 30.5. The van der Waals surface area contributed by atoms with E-state index in [0.717, 1.165) is 0 Å². The van der Waals surface area contributed by atoms with Gasteiger partial charge in [-0.3, -0.25) is 9.09 Å². The van der Waals surface area contributed by atoms with Crippen molar-refractivity contribution in [1.82, 2.24) is 19.5 Å². The molecule has 16 heteroatoms. The zero-order valence-electron chi connectivity index (χ0n) is 16.8. The molecule has 174 valence electrons. The number of benzene rings is 1. The van der Waals surface area contributed by atoms with Gasteiger partial charge in [0.1, 0.15) is 36.0 Å². The Balaban J connectivity index is 1.49. The van der Waals surface area contributed by atoms with Crippen LogP contribution < -0.4 is 11.2 Å². The molecule has 1 aromatic carbocycles. The minimum atomic E-state index is -4.78. The molecule has 3 aromatic rings. The van der Waals surface area contributed by atoms with Gasteiger partial charge >= 0.3 is 14.9 Å². The zero-order valence-corrected chi connectivity index (χ0v) is 17.7. The van der Waals surface area contributed by atoms with E-state index in [0.29, 0.717) is 16.6 Å². The van der Waals surface area contributed by atoms with Crippen molar-refractivity contribution in [3.63, 3.8) is 0 Å². The molecule has 2 aromatic heterocycles. The van der Waals surface area contributed by atoms with Gasteiger partial charge in [-0.25, -0.2) is 23.9 Å². The van der Waals surface area contributed by atoms with Crippen LogP contribution in [0.1, 0.15) is 11.8 Å². The second-order valence-corrected chi connectivity index (χ2v) is 8.71. The number of phosphoric acid groups is 1. The molecule has 2 fully saturated rings. The van der Waals surface area contributed by atoms with E-state index >= 15 is 0 Å². The number of hydrogen-bond acceptors (Lipinski definition) is 10. The molecule has 0 unspecified atom stereocenters. The maximum Gasteiger partial charge on any atom is 0.495 e. The zero-order chi connectivity index (χ0) is 23.3. The third-order valence-corrected chi connectivity index (χ3v) is 5.93. The molecule has 0 saturated carbocycles. The highest BCUT2D eigenvalue weighted by molar-refractivity contribution is 7.46. The first kappa shape index (κ1) is 22.3. The fourth-order valence-corrected chi connectivity index (χ4v) is 4.35. The first-order chi connectivity index (χ1) is 15.7. The Morgan fingerprint density at radius 3 is 2.79 bits per heavy atom. The van der Waals surface area contributed by atoms with E-state index in [9.17, 15) is 14.1 Å². The number of hydrogen-bond donors (Lipinski definition) is 4. The molecule has 4 heterocycles. The summed E-state index contributed by atoms with van der Waals surface area (Å²) in [6.45, 7) is -0.934. The number of aromatic nitrogens is 4. The van der Waals surface area contributed by atoms with Gasteiger partial charge in [0.15, 0.2) is 17.7 Å². The van der Waals surface area contributed by atoms with Gasteiger partial charge in [-0.15, -0.1) is 0 Å². The number of imidazole rings is 1. The standard InChI is InChI=1S/C17H18BFN5O8P/c19-9-1-2-10(8(3-9)4-25)18-31-13-11(5-29-33(26,27)28)30-17(14(13)32-18)24-7-23-12-15(20)21-6-22-16(12)24/h1-3,6-7,11,13-14,17,25H,4-5H2,(H2,20,21,22)(H2,26,27,28)/t11-,13-,14-,17-/m1/s1. The van der Waals surface area contributed by atoms with Crippen LogP contribution in [-0.4, -0.2) is 66.4 Å². The molecule has 4 atom stereocenters. The van der Waals surface area contributed by atoms with Crippen LogP contribution in [0.4, 0.5) is 10.2 Å². The second kappa shape index (κ2) is 8.38. The third kappa shape index (κ3) is 4.13. The molecule has 13 nitrogen and oxygen atoms in total. The summed E-state index contributed by atoms with van der Waals surface area (Å²) in [5.74, 6) is -0.368. The summed E-state index contributed by atoms with van der Waals surface area (Å²) < 4.78 is 49.1. The molecule has 5 rings (SSSR count). The van der Waals surface area contributed by atoms with Crippen LogP contribution in [0.3, 0.4) is 0 Å². The predicted octanol–water partition coefficient (Wildman–Crippen LogP) is -0.774. The molecule has 2 aliphatic rings. The number of anilines is 1. The highest BCUT2D eigenvalue weighted by atomic mass is 31.2. The number of aliphatic hydroxyl groups excluding tert-OH is 1. The average Bonchev–Trinajstić information content (AvgIpc) is 3.46. The van der Waals surface area contributed by atoms with Gasteiger partial charge in [-0.2, -0.15) is 0 Å².